The molecule has 27 heavy (non-hydrogen) atoms. The maximum Gasteiger partial charge on any atom is 0.0977 e. The fraction of sp³-hybridized carbons (Fsp3) is 0.760. The Hall–Kier alpha value is -0.0900. The summed E-state index contributed by atoms with van der Waals surface area (Å²) in [4.78, 5) is 0. The lowest BCUT2D eigenvalue weighted by Crippen LogP contribution is -2.36. The van der Waals surface area contributed by atoms with E-state index in [4.69, 9.17) is 4.74 Å². The SMILES string of the molecule is C[C@@H]1CC2=C(COC2/C=C2\CCC[C@]3(C)[C@@H]([C@H](C)/C=C/I)CC[C@@H]23)[C@@H](C)C1. The topological polar surface area (TPSA) is 9.23 Å². The van der Waals surface area contributed by atoms with Crippen LogP contribution in [0.1, 0.15) is 72.6 Å². The summed E-state index contributed by atoms with van der Waals surface area (Å²) in [6.07, 6.45) is 14.8. The van der Waals surface area contributed by atoms with E-state index in [1.54, 1.807) is 16.7 Å². The molecule has 7 atom stereocenters. The molecule has 150 valence electrons. The second-order valence-corrected chi connectivity index (χ2v) is 11.0. The van der Waals surface area contributed by atoms with Gasteiger partial charge >= 0.3 is 0 Å². The molecule has 4 rings (SSSR count). The summed E-state index contributed by atoms with van der Waals surface area (Å²) in [5, 5.41) is 0. The first-order valence-electron chi connectivity index (χ1n) is 11.2. The lowest BCUT2D eigenvalue weighted by molar-refractivity contribution is 0.108. The van der Waals surface area contributed by atoms with Gasteiger partial charge in [-0.15, -0.1) is 0 Å². The van der Waals surface area contributed by atoms with Gasteiger partial charge in [0, 0.05) is 0 Å². The van der Waals surface area contributed by atoms with Gasteiger partial charge in [0.25, 0.3) is 0 Å². The van der Waals surface area contributed by atoms with Gasteiger partial charge in [-0.1, -0.05) is 68.0 Å². The number of fused-ring (bicyclic) bond motifs is 1. The summed E-state index contributed by atoms with van der Waals surface area (Å²) in [5.74, 6) is 3.86. The predicted molar refractivity (Wildman–Crippen MR) is 123 cm³/mol. The molecule has 1 aliphatic heterocycles. The predicted octanol–water partition coefficient (Wildman–Crippen LogP) is 7.48. The smallest absolute Gasteiger partial charge is 0.0977 e. The Balaban J connectivity index is 1.58. The van der Waals surface area contributed by atoms with Crippen LogP contribution in [-0.4, -0.2) is 12.7 Å². The second-order valence-electron chi connectivity index (χ2n) is 10.2. The van der Waals surface area contributed by atoms with Crippen molar-refractivity contribution in [3.63, 3.8) is 0 Å². The highest BCUT2D eigenvalue weighted by Gasteiger charge is 2.50. The number of hydrogen-bond acceptors (Lipinski definition) is 1. The van der Waals surface area contributed by atoms with E-state index in [1.165, 1.54) is 44.9 Å². The van der Waals surface area contributed by atoms with E-state index >= 15 is 0 Å². The summed E-state index contributed by atoms with van der Waals surface area (Å²) in [7, 11) is 0. The summed E-state index contributed by atoms with van der Waals surface area (Å²) >= 11 is 2.39. The Bertz CT molecular complexity index is 659. The minimum atomic E-state index is 0.285. The van der Waals surface area contributed by atoms with Crippen molar-refractivity contribution in [2.45, 2.75) is 78.7 Å². The molecule has 2 heteroatoms. The Labute approximate surface area is 180 Å². The number of rotatable bonds is 3. The summed E-state index contributed by atoms with van der Waals surface area (Å²) < 4.78 is 8.58. The van der Waals surface area contributed by atoms with Crippen molar-refractivity contribution in [2.24, 2.45) is 35.0 Å². The molecule has 0 N–H and O–H groups in total. The molecular weight excluding hydrogens is 443 g/mol. The molecular formula is C25H37IO. The highest BCUT2D eigenvalue weighted by Crippen LogP contribution is 2.59. The van der Waals surface area contributed by atoms with Crippen molar-refractivity contribution in [1.29, 1.82) is 0 Å². The maximum atomic E-state index is 6.35. The number of hydrogen-bond donors (Lipinski definition) is 0. The van der Waals surface area contributed by atoms with Gasteiger partial charge in [0.15, 0.2) is 0 Å². The average molecular weight is 480 g/mol. The van der Waals surface area contributed by atoms with E-state index in [-0.39, 0.29) is 6.10 Å². The fourth-order valence-electron chi connectivity index (χ4n) is 7.20. The molecule has 2 fully saturated rings. The van der Waals surface area contributed by atoms with Gasteiger partial charge in [-0.25, -0.2) is 0 Å². The van der Waals surface area contributed by atoms with E-state index in [0.29, 0.717) is 11.3 Å². The van der Waals surface area contributed by atoms with Crippen molar-refractivity contribution >= 4 is 22.6 Å². The molecule has 0 bridgehead atoms. The maximum absolute atomic E-state index is 6.35. The lowest BCUT2D eigenvalue weighted by atomic mass is 9.61. The molecule has 0 aromatic rings. The Morgan fingerprint density at radius 2 is 2.04 bits per heavy atom. The molecule has 1 unspecified atom stereocenters. The van der Waals surface area contributed by atoms with Crippen LogP contribution in [0.5, 0.6) is 0 Å². The molecule has 2 saturated carbocycles. The summed E-state index contributed by atoms with van der Waals surface area (Å²) in [5.41, 5.74) is 5.51. The van der Waals surface area contributed by atoms with Crippen LogP contribution in [0.2, 0.25) is 0 Å². The van der Waals surface area contributed by atoms with E-state index in [0.717, 1.165) is 30.3 Å². The highest BCUT2D eigenvalue weighted by molar-refractivity contribution is 14.1. The summed E-state index contributed by atoms with van der Waals surface area (Å²) in [6, 6.07) is 0. The molecule has 4 aliphatic rings. The van der Waals surface area contributed by atoms with Gasteiger partial charge in [0.1, 0.15) is 0 Å². The molecule has 0 spiro atoms. The third-order valence-electron chi connectivity index (χ3n) is 8.51. The molecule has 0 aromatic carbocycles. The Kier molecular flexibility index (Phi) is 5.96. The fourth-order valence-corrected chi connectivity index (χ4v) is 7.86. The third kappa shape index (κ3) is 3.63. The van der Waals surface area contributed by atoms with Crippen LogP contribution in [-0.2, 0) is 4.74 Å². The standard InChI is InChI=1S/C25H37IO/c1-16-12-18(3)21-15-27-24(20(21)13-16)14-19-6-5-10-25(4)22(7-8-23(19)25)17(2)9-11-26/h9,11,14,16-18,22-24H,5-8,10,12-13,15H2,1-4H3/b11-9+,19-14+/t16-,17+,18-,22+,23-,24?,25+/m0/s1. The number of ether oxygens (including phenoxy) is 1. The zero-order valence-corrected chi connectivity index (χ0v) is 19.8. The molecule has 0 radical (unpaired) electrons. The van der Waals surface area contributed by atoms with Crippen molar-refractivity contribution in [2.75, 3.05) is 6.61 Å². The van der Waals surface area contributed by atoms with Crippen LogP contribution >= 0.6 is 22.6 Å². The zero-order chi connectivity index (χ0) is 19.2. The van der Waals surface area contributed by atoms with Gasteiger partial charge < -0.3 is 4.74 Å². The van der Waals surface area contributed by atoms with E-state index in [2.05, 4.69) is 66.5 Å². The number of halogens is 1. The van der Waals surface area contributed by atoms with Gasteiger partial charge in [-0.3, -0.25) is 0 Å². The summed E-state index contributed by atoms with van der Waals surface area (Å²) in [6.45, 7) is 10.8. The van der Waals surface area contributed by atoms with E-state index < -0.39 is 0 Å². The lowest BCUT2D eigenvalue weighted by Gasteiger charge is -2.44. The molecule has 0 saturated heterocycles. The van der Waals surface area contributed by atoms with Crippen molar-refractivity contribution in [3.8, 4) is 0 Å². The highest BCUT2D eigenvalue weighted by atomic mass is 127. The van der Waals surface area contributed by atoms with Crippen LogP contribution < -0.4 is 0 Å². The van der Waals surface area contributed by atoms with Gasteiger partial charge in [-0.2, -0.15) is 0 Å². The Morgan fingerprint density at radius 1 is 1.22 bits per heavy atom. The first-order valence-corrected chi connectivity index (χ1v) is 12.5. The number of allylic oxidation sites excluding steroid dienone is 2. The zero-order valence-electron chi connectivity index (χ0n) is 17.6. The second kappa shape index (κ2) is 7.97. The van der Waals surface area contributed by atoms with E-state index in [9.17, 15) is 0 Å². The normalized spacial score (nSPS) is 44.8. The minimum Gasteiger partial charge on any atom is -0.365 e. The molecule has 0 amide bonds. The molecule has 1 nitrogen and oxygen atoms in total. The molecule has 1 heterocycles. The quantitative estimate of drug-likeness (QED) is 0.301. The monoisotopic (exact) mass is 480 g/mol. The van der Waals surface area contributed by atoms with Gasteiger partial charge in [-0.05, 0) is 95.2 Å². The first-order chi connectivity index (χ1) is 12.9. The Morgan fingerprint density at radius 3 is 2.81 bits per heavy atom. The third-order valence-corrected chi connectivity index (χ3v) is 8.92. The van der Waals surface area contributed by atoms with Crippen LogP contribution in [0, 0.1) is 35.0 Å². The van der Waals surface area contributed by atoms with Crippen LogP contribution in [0.25, 0.3) is 0 Å². The van der Waals surface area contributed by atoms with E-state index in [1.807, 2.05) is 0 Å². The van der Waals surface area contributed by atoms with Crippen LogP contribution in [0.3, 0.4) is 0 Å². The van der Waals surface area contributed by atoms with Gasteiger partial charge in [0.2, 0.25) is 0 Å². The van der Waals surface area contributed by atoms with Crippen molar-refractivity contribution < 1.29 is 4.74 Å². The molecule has 3 aliphatic carbocycles. The largest absolute Gasteiger partial charge is 0.365 e. The minimum absolute atomic E-state index is 0.285. The van der Waals surface area contributed by atoms with Crippen LogP contribution in [0.15, 0.2) is 33.0 Å². The first kappa shape index (κ1) is 20.2. The van der Waals surface area contributed by atoms with Crippen molar-refractivity contribution in [3.05, 3.63) is 33.0 Å². The van der Waals surface area contributed by atoms with Crippen molar-refractivity contribution in [1.82, 2.24) is 0 Å². The molecule has 0 aromatic heterocycles. The van der Waals surface area contributed by atoms with Gasteiger partial charge in [0.05, 0.1) is 12.7 Å². The van der Waals surface area contributed by atoms with Crippen LogP contribution in [0.4, 0.5) is 0 Å². The average Bonchev–Trinajstić information content (AvgIpc) is 3.17.